The molecule has 0 heterocycles. The summed E-state index contributed by atoms with van der Waals surface area (Å²) in [6, 6.07) is 5.60. The van der Waals surface area contributed by atoms with Crippen molar-refractivity contribution in [2.75, 3.05) is 14.2 Å². The van der Waals surface area contributed by atoms with Crippen molar-refractivity contribution in [1.29, 1.82) is 0 Å². The molecule has 3 nitrogen and oxygen atoms in total. The Morgan fingerprint density at radius 2 is 2.15 bits per heavy atom. The molecule has 3 heteroatoms. The number of phenolic OH excluding ortho intramolecular Hbond substituents is 1. The van der Waals surface area contributed by atoms with Gasteiger partial charge in [0, 0.05) is 6.04 Å². The summed E-state index contributed by atoms with van der Waals surface area (Å²) in [6.07, 6.45) is 0. The molecule has 0 aliphatic rings. The van der Waals surface area contributed by atoms with Crippen LogP contribution in [-0.4, -0.2) is 19.3 Å². The first-order chi connectivity index (χ1) is 6.19. The monoisotopic (exact) mass is 181 g/mol. The number of benzene rings is 1. The van der Waals surface area contributed by atoms with Gasteiger partial charge in [0.1, 0.15) is 0 Å². The van der Waals surface area contributed by atoms with Crippen LogP contribution in [0.25, 0.3) is 0 Å². The van der Waals surface area contributed by atoms with Crippen LogP contribution in [0.5, 0.6) is 11.5 Å². The van der Waals surface area contributed by atoms with Gasteiger partial charge in [-0.05, 0) is 31.7 Å². The molecule has 72 valence electrons. The summed E-state index contributed by atoms with van der Waals surface area (Å²) in [5.41, 5.74) is 1.09. The van der Waals surface area contributed by atoms with Gasteiger partial charge in [-0.1, -0.05) is 6.07 Å². The summed E-state index contributed by atoms with van der Waals surface area (Å²) in [5.74, 6) is 0.689. The number of rotatable bonds is 3. The minimum Gasteiger partial charge on any atom is -0.504 e. The van der Waals surface area contributed by atoms with Gasteiger partial charge in [-0.25, -0.2) is 0 Å². The van der Waals surface area contributed by atoms with E-state index >= 15 is 0 Å². The smallest absolute Gasteiger partial charge is 0.160 e. The van der Waals surface area contributed by atoms with Crippen LogP contribution in [0.15, 0.2) is 18.2 Å². The molecule has 2 N–H and O–H groups in total. The number of methoxy groups -OCH3 is 1. The lowest BCUT2D eigenvalue weighted by atomic mass is 10.1. The maximum atomic E-state index is 9.34. The fraction of sp³-hybridized carbons (Fsp3) is 0.400. The predicted molar refractivity (Wildman–Crippen MR) is 52.1 cm³/mol. The van der Waals surface area contributed by atoms with E-state index < -0.39 is 0 Å². The van der Waals surface area contributed by atoms with Crippen molar-refractivity contribution in [2.24, 2.45) is 0 Å². The first-order valence-electron chi connectivity index (χ1n) is 4.23. The first kappa shape index (κ1) is 9.86. The molecule has 0 amide bonds. The third kappa shape index (κ3) is 2.12. The number of nitrogens with one attached hydrogen (secondary N) is 1. The number of ether oxygens (including phenoxy) is 1. The average Bonchev–Trinajstić information content (AvgIpc) is 2.17. The van der Waals surface area contributed by atoms with Gasteiger partial charge >= 0.3 is 0 Å². The topological polar surface area (TPSA) is 41.5 Å². The van der Waals surface area contributed by atoms with Crippen LogP contribution < -0.4 is 10.1 Å². The van der Waals surface area contributed by atoms with Gasteiger partial charge < -0.3 is 15.2 Å². The second-order valence-corrected chi connectivity index (χ2v) is 2.94. The van der Waals surface area contributed by atoms with E-state index in [4.69, 9.17) is 4.74 Å². The minimum atomic E-state index is 0.176. The molecule has 1 aromatic carbocycles. The van der Waals surface area contributed by atoms with E-state index in [2.05, 4.69) is 5.32 Å². The summed E-state index contributed by atoms with van der Waals surface area (Å²) >= 11 is 0. The third-order valence-electron chi connectivity index (χ3n) is 2.14. The predicted octanol–water partition coefficient (Wildman–Crippen LogP) is 1.68. The van der Waals surface area contributed by atoms with Crippen molar-refractivity contribution in [2.45, 2.75) is 13.0 Å². The molecule has 0 unspecified atom stereocenters. The lowest BCUT2D eigenvalue weighted by molar-refractivity contribution is 0.372. The second kappa shape index (κ2) is 4.14. The third-order valence-corrected chi connectivity index (χ3v) is 2.14. The van der Waals surface area contributed by atoms with Crippen molar-refractivity contribution < 1.29 is 9.84 Å². The van der Waals surface area contributed by atoms with E-state index in [1.54, 1.807) is 13.2 Å². The van der Waals surface area contributed by atoms with Gasteiger partial charge in [-0.3, -0.25) is 0 Å². The maximum absolute atomic E-state index is 9.34. The van der Waals surface area contributed by atoms with Crippen LogP contribution in [-0.2, 0) is 0 Å². The van der Waals surface area contributed by atoms with Crippen LogP contribution in [0.3, 0.4) is 0 Å². The van der Waals surface area contributed by atoms with E-state index in [1.807, 2.05) is 26.1 Å². The quantitative estimate of drug-likeness (QED) is 0.745. The molecule has 0 aliphatic heterocycles. The zero-order valence-electron chi connectivity index (χ0n) is 8.16. The molecule has 0 bridgehead atoms. The summed E-state index contributed by atoms with van der Waals surface area (Å²) in [6.45, 7) is 2.05. The largest absolute Gasteiger partial charge is 0.504 e. The Kier molecular flexibility index (Phi) is 3.14. The number of aromatic hydroxyl groups is 1. The molecule has 1 atom stereocenters. The van der Waals surface area contributed by atoms with Gasteiger partial charge in [-0.15, -0.1) is 0 Å². The van der Waals surface area contributed by atoms with Crippen LogP contribution >= 0.6 is 0 Å². The first-order valence-corrected chi connectivity index (χ1v) is 4.23. The van der Waals surface area contributed by atoms with Gasteiger partial charge in [0.25, 0.3) is 0 Å². The van der Waals surface area contributed by atoms with E-state index in [0.717, 1.165) is 5.56 Å². The normalized spacial score (nSPS) is 12.5. The van der Waals surface area contributed by atoms with Crippen molar-refractivity contribution in [1.82, 2.24) is 5.32 Å². The Hall–Kier alpha value is -1.22. The molecule has 0 fully saturated rings. The molecule has 0 radical (unpaired) electrons. The number of hydrogen-bond donors (Lipinski definition) is 2. The Bertz CT molecular complexity index is 286. The highest BCUT2D eigenvalue weighted by Gasteiger charge is 2.06. The lowest BCUT2D eigenvalue weighted by Crippen LogP contribution is -2.12. The molecule has 0 spiro atoms. The van der Waals surface area contributed by atoms with Crippen molar-refractivity contribution in [3.8, 4) is 11.5 Å². The zero-order valence-corrected chi connectivity index (χ0v) is 8.16. The van der Waals surface area contributed by atoms with E-state index in [1.165, 1.54) is 0 Å². The van der Waals surface area contributed by atoms with Crippen LogP contribution in [0.2, 0.25) is 0 Å². The molecule has 0 saturated heterocycles. The summed E-state index contributed by atoms with van der Waals surface area (Å²) in [4.78, 5) is 0. The van der Waals surface area contributed by atoms with Gasteiger partial charge in [0.05, 0.1) is 7.11 Å². The van der Waals surface area contributed by atoms with Crippen LogP contribution in [0.1, 0.15) is 18.5 Å². The Morgan fingerprint density at radius 3 is 2.69 bits per heavy atom. The van der Waals surface area contributed by atoms with Crippen LogP contribution in [0, 0.1) is 0 Å². The van der Waals surface area contributed by atoms with E-state index in [9.17, 15) is 5.11 Å². The fourth-order valence-electron chi connectivity index (χ4n) is 1.13. The molecule has 0 aromatic heterocycles. The number of hydrogen-bond acceptors (Lipinski definition) is 3. The fourth-order valence-corrected chi connectivity index (χ4v) is 1.13. The van der Waals surface area contributed by atoms with Crippen molar-refractivity contribution in [3.63, 3.8) is 0 Å². The summed E-state index contributed by atoms with van der Waals surface area (Å²) in [7, 11) is 3.44. The second-order valence-electron chi connectivity index (χ2n) is 2.94. The van der Waals surface area contributed by atoms with E-state index in [-0.39, 0.29) is 11.8 Å². The molecule has 0 aliphatic carbocycles. The Morgan fingerprint density at radius 1 is 1.46 bits per heavy atom. The van der Waals surface area contributed by atoms with Crippen molar-refractivity contribution >= 4 is 0 Å². The Balaban J connectivity index is 2.99. The van der Waals surface area contributed by atoms with Gasteiger partial charge in [0.2, 0.25) is 0 Å². The molecule has 13 heavy (non-hydrogen) atoms. The molecule has 1 aromatic rings. The van der Waals surface area contributed by atoms with E-state index in [0.29, 0.717) is 5.75 Å². The summed E-state index contributed by atoms with van der Waals surface area (Å²) < 4.78 is 5.00. The van der Waals surface area contributed by atoms with Gasteiger partial charge in [0.15, 0.2) is 11.5 Å². The zero-order chi connectivity index (χ0) is 9.84. The summed E-state index contributed by atoms with van der Waals surface area (Å²) in [5, 5.41) is 12.5. The van der Waals surface area contributed by atoms with Crippen molar-refractivity contribution in [3.05, 3.63) is 23.8 Å². The highest BCUT2D eigenvalue weighted by molar-refractivity contribution is 5.42. The van der Waals surface area contributed by atoms with Crippen LogP contribution in [0.4, 0.5) is 0 Å². The highest BCUT2D eigenvalue weighted by Crippen LogP contribution is 2.28. The molecule has 1 rings (SSSR count). The molecular weight excluding hydrogens is 166 g/mol. The molecule has 0 saturated carbocycles. The minimum absolute atomic E-state index is 0.176. The Labute approximate surface area is 78.3 Å². The highest BCUT2D eigenvalue weighted by atomic mass is 16.5. The number of phenols is 1. The van der Waals surface area contributed by atoms with Gasteiger partial charge in [-0.2, -0.15) is 0 Å². The average molecular weight is 181 g/mol. The lowest BCUT2D eigenvalue weighted by Gasteiger charge is -2.12. The SMILES string of the molecule is CN[C@H](C)c1ccc(O)c(OC)c1. The maximum Gasteiger partial charge on any atom is 0.160 e. The molecular formula is C10H15NO2. The standard InChI is InChI=1S/C10H15NO2/c1-7(11-2)8-4-5-9(12)10(6-8)13-3/h4-7,11-12H,1-3H3/t7-/m1/s1.